The largest absolute Gasteiger partial charge is 0.354 e. The lowest BCUT2D eigenvalue weighted by Crippen LogP contribution is -2.16. The van der Waals surface area contributed by atoms with Gasteiger partial charge < -0.3 is 19.9 Å². The van der Waals surface area contributed by atoms with Gasteiger partial charge in [-0.15, -0.1) is 0 Å². The number of benzene rings is 7. The molecule has 16 bridgehead atoms. The summed E-state index contributed by atoms with van der Waals surface area (Å²) in [6, 6.07) is 68.7. The third-order valence-electron chi connectivity index (χ3n) is 22.9. The summed E-state index contributed by atoms with van der Waals surface area (Å²) in [4.78, 5) is 39.8. The lowest BCUT2D eigenvalue weighted by atomic mass is 9.78. The van der Waals surface area contributed by atoms with Gasteiger partial charge in [-0.05, 0) is 247 Å². The van der Waals surface area contributed by atoms with Gasteiger partial charge in [-0.1, -0.05) is 255 Å². The van der Waals surface area contributed by atoms with Gasteiger partial charge in [0.2, 0.25) is 0 Å². The molecule has 7 aromatic carbocycles. The van der Waals surface area contributed by atoms with Gasteiger partial charge >= 0.3 is 0 Å². The molecule has 0 radical (unpaired) electrons. The molecule has 566 valence electrons. The van der Waals surface area contributed by atoms with Crippen molar-refractivity contribution in [3.05, 3.63) is 294 Å². The zero-order valence-electron chi connectivity index (χ0n) is 69.7. The minimum Gasteiger partial charge on any atom is -0.354 e. The second kappa shape index (κ2) is 27.8. The number of rotatable bonds is 8. The number of hydrogen-bond acceptors (Lipinski definition) is 4. The Bertz CT molecular complexity index is 6080. The smallest absolute Gasteiger partial charge is 0.0737 e. The van der Waals surface area contributed by atoms with Crippen LogP contribution in [0.25, 0.3) is 182 Å². The molecule has 0 atom stereocenters. The highest BCUT2D eigenvalue weighted by atomic mass is 14.8. The zero-order valence-corrected chi connectivity index (χ0v) is 69.7. The summed E-state index contributed by atoms with van der Waals surface area (Å²) in [6.07, 6.45) is 17.7. The number of H-pyrrole nitrogens is 4. The summed E-state index contributed by atoms with van der Waals surface area (Å²) in [6.45, 7) is 45.2. The second-order valence-electron chi connectivity index (χ2n) is 36.7. The molecule has 114 heavy (non-hydrogen) atoms. The van der Waals surface area contributed by atoms with Crippen molar-refractivity contribution in [3.63, 3.8) is 0 Å². The van der Waals surface area contributed by atoms with E-state index in [0.29, 0.717) is 0 Å². The van der Waals surface area contributed by atoms with Crippen molar-refractivity contribution in [3.8, 4) is 89.0 Å². The average molecular weight is 1490 g/mol. The van der Waals surface area contributed by atoms with E-state index in [4.69, 9.17) is 19.9 Å². The van der Waals surface area contributed by atoms with Crippen molar-refractivity contribution in [2.45, 2.75) is 160 Å². The molecular formula is C106H102N8. The molecule has 4 aliphatic heterocycles. The summed E-state index contributed by atoms with van der Waals surface area (Å²) in [5, 5.41) is 0. The van der Waals surface area contributed by atoms with Crippen LogP contribution in [0.15, 0.2) is 182 Å². The van der Waals surface area contributed by atoms with Crippen LogP contribution in [0.4, 0.5) is 0 Å². The summed E-state index contributed by atoms with van der Waals surface area (Å²) < 4.78 is 0. The van der Waals surface area contributed by atoms with Crippen LogP contribution in [0.1, 0.15) is 195 Å². The highest BCUT2D eigenvalue weighted by molar-refractivity contribution is 6.04. The molecule has 0 saturated heterocycles. The SMILES string of the molecule is Cc1cc(C)cc(-c2c3nc(c(-c4cc(C(C)(C)C)cc(C(C)(C)C)c4)c4ccc([nH]4)c(-c4cc(C)cc(C)c4)c4nc(c(-c5cccc(-c6c7nc(c(-c8cc(C)cc(C)c8)c8ccc([nH]8)c(-c8cc(C(C)(C)C)cc(C(C)(C)C)c8)c8nc(c(-c9cc(C)cc(C)c9)c9ccc6[nH]9)C=C8)C=C7)c5)c5ccc2[nH]5)C=C4)C=C3)c1. The minimum atomic E-state index is -0.124. The quantitative estimate of drug-likeness (QED) is 0.121. The Morgan fingerprint density at radius 3 is 0.526 bits per heavy atom. The summed E-state index contributed by atoms with van der Waals surface area (Å²) in [5.41, 5.74) is 44.8. The van der Waals surface area contributed by atoms with Gasteiger partial charge in [0.05, 0.1) is 45.6 Å². The number of aromatic nitrogens is 8. The summed E-state index contributed by atoms with van der Waals surface area (Å²) in [5.74, 6) is 0. The molecule has 4 aliphatic rings. The Morgan fingerprint density at radius 1 is 0.184 bits per heavy atom. The number of nitrogens with one attached hydrogen (secondary N) is 4. The molecule has 8 heteroatoms. The van der Waals surface area contributed by atoms with Crippen molar-refractivity contribution >= 4 is 92.7 Å². The molecule has 13 aromatic rings. The average Bonchev–Trinajstić information content (AvgIpc) is 1.55. The first-order valence-corrected chi connectivity index (χ1v) is 40.3. The fraction of sp³-hybridized carbons (Fsp3) is 0.226. The third-order valence-corrected chi connectivity index (χ3v) is 22.9. The summed E-state index contributed by atoms with van der Waals surface area (Å²) in [7, 11) is 0. The Morgan fingerprint density at radius 2 is 0.351 bits per heavy atom. The van der Waals surface area contributed by atoms with Gasteiger partial charge in [-0.3, -0.25) is 0 Å². The van der Waals surface area contributed by atoms with E-state index in [0.717, 1.165) is 179 Å². The van der Waals surface area contributed by atoms with Gasteiger partial charge in [-0.2, -0.15) is 0 Å². The van der Waals surface area contributed by atoms with Crippen molar-refractivity contribution in [1.82, 2.24) is 39.9 Å². The van der Waals surface area contributed by atoms with Crippen LogP contribution in [0, 0.1) is 55.4 Å². The molecule has 6 aromatic heterocycles. The maximum atomic E-state index is 5.89. The third kappa shape index (κ3) is 14.2. The van der Waals surface area contributed by atoms with E-state index in [1.165, 1.54) is 66.8 Å². The minimum absolute atomic E-state index is 0.124. The normalized spacial score (nSPS) is 12.9. The number of nitrogens with zero attached hydrogens (tertiary/aromatic N) is 4. The van der Waals surface area contributed by atoms with Crippen LogP contribution in [0.5, 0.6) is 0 Å². The predicted octanol–water partition coefficient (Wildman–Crippen LogP) is 28.6. The number of fused-ring (bicyclic) bond motifs is 16. The second-order valence-corrected chi connectivity index (χ2v) is 36.7. The van der Waals surface area contributed by atoms with Gasteiger partial charge in [0.25, 0.3) is 0 Å². The molecule has 0 unspecified atom stereocenters. The van der Waals surface area contributed by atoms with E-state index in [-0.39, 0.29) is 21.7 Å². The molecule has 10 heterocycles. The van der Waals surface area contributed by atoms with Crippen LogP contribution in [0.3, 0.4) is 0 Å². The number of aromatic amines is 4. The van der Waals surface area contributed by atoms with E-state index in [9.17, 15) is 0 Å². The van der Waals surface area contributed by atoms with Gasteiger partial charge in [-0.25, -0.2) is 19.9 Å². The molecule has 17 rings (SSSR count). The maximum absolute atomic E-state index is 5.89. The van der Waals surface area contributed by atoms with E-state index in [1.807, 2.05) is 0 Å². The van der Waals surface area contributed by atoms with Gasteiger partial charge in [0.1, 0.15) is 0 Å². The first-order valence-electron chi connectivity index (χ1n) is 40.3. The Balaban J connectivity index is 0.975. The van der Waals surface area contributed by atoms with Crippen LogP contribution >= 0.6 is 0 Å². The fourth-order valence-corrected chi connectivity index (χ4v) is 17.4. The molecule has 0 saturated carbocycles. The lowest BCUT2D eigenvalue weighted by Gasteiger charge is -2.26. The summed E-state index contributed by atoms with van der Waals surface area (Å²) >= 11 is 0. The Hall–Kier alpha value is -12.3. The topological polar surface area (TPSA) is 115 Å². The van der Waals surface area contributed by atoms with Crippen molar-refractivity contribution in [2.24, 2.45) is 0 Å². The van der Waals surface area contributed by atoms with Crippen LogP contribution in [-0.2, 0) is 21.7 Å². The standard InChI is InChI=1S/C106H102N8/c1-59-40-60(2)45-69(44-59)97-83-28-24-79(107-83)95(80-25-29-84(108-80)98(70-46-61(3)41-62(4)47-70)88-33-37-92(112-88)101(91-36-32-87(97)111-91)73-53-75(103(9,10)11)57-76(54-73)104(12,13)14)67-22-21-23-68(52-67)96-81-26-30-85(109-81)99(71-48-63(5)42-64(6)49-71)89-34-38-93(113-89)102(74-55-77(105(15,16)17)58-78(56-74)106(18,19)20)94-39-35-90(114-94)100(86-31-27-82(96)110-86)72-50-65(7)43-66(8)51-72/h21-58,107,109,112,114H,1-20H3. The lowest BCUT2D eigenvalue weighted by molar-refractivity contribution is 0.568. The van der Waals surface area contributed by atoms with Crippen molar-refractivity contribution in [1.29, 1.82) is 0 Å². The van der Waals surface area contributed by atoms with Crippen molar-refractivity contribution < 1.29 is 0 Å². The van der Waals surface area contributed by atoms with E-state index < -0.39 is 0 Å². The highest BCUT2D eigenvalue weighted by Gasteiger charge is 2.29. The number of aryl methyl sites for hydroxylation is 8. The number of hydrogen-bond donors (Lipinski definition) is 4. The fourth-order valence-electron chi connectivity index (χ4n) is 17.4. The molecule has 4 N–H and O–H groups in total. The Labute approximate surface area is 671 Å². The maximum Gasteiger partial charge on any atom is 0.0737 e. The molecule has 0 amide bonds. The molecular weight excluding hydrogens is 1390 g/mol. The van der Waals surface area contributed by atoms with E-state index in [2.05, 4.69) is 389 Å². The predicted molar refractivity (Wildman–Crippen MR) is 487 cm³/mol. The molecule has 8 nitrogen and oxygen atoms in total. The van der Waals surface area contributed by atoms with Gasteiger partial charge in [0, 0.05) is 88.6 Å². The van der Waals surface area contributed by atoms with Gasteiger partial charge in [0.15, 0.2) is 0 Å². The molecule has 0 spiro atoms. The highest BCUT2D eigenvalue weighted by Crippen LogP contribution is 2.46. The van der Waals surface area contributed by atoms with Crippen LogP contribution in [-0.4, -0.2) is 39.9 Å². The van der Waals surface area contributed by atoms with Crippen LogP contribution < -0.4 is 0 Å². The first kappa shape index (κ1) is 74.5. The van der Waals surface area contributed by atoms with Crippen LogP contribution in [0.2, 0.25) is 0 Å². The molecule has 0 fully saturated rings. The van der Waals surface area contributed by atoms with E-state index >= 15 is 0 Å². The monoisotopic (exact) mass is 1490 g/mol. The van der Waals surface area contributed by atoms with E-state index in [1.54, 1.807) is 0 Å². The van der Waals surface area contributed by atoms with Crippen molar-refractivity contribution in [2.75, 3.05) is 0 Å². The first-order chi connectivity index (χ1) is 54.2. The molecule has 0 aliphatic carbocycles. The zero-order chi connectivity index (χ0) is 79.9. The Kier molecular flexibility index (Phi) is 18.2.